The Bertz CT molecular complexity index is 844. The molecular formula is C19H18N4O2. The van der Waals surface area contributed by atoms with Crippen LogP contribution in [0, 0.1) is 13.8 Å². The van der Waals surface area contributed by atoms with Crippen LogP contribution in [-0.2, 0) is 0 Å². The van der Waals surface area contributed by atoms with Gasteiger partial charge in [-0.05, 0) is 56.3 Å². The average Bonchev–Trinajstić information content (AvgIpc) is 2.56. The number of rotatable bonds is 4. The molecule has 126 valence electrons. The van der Waals surface area contributed by atoms with E-state index in [0.717, 1.165) is 17.1 Å². The zero-order chi connectivity index (χ0) is 17.6. The molecule has 6 nitrogen and oxygen atoms in total. The maximum Gasteiger partial charge on any atom is 0.417 e. The second-order valence-corrected chi connectivity index (χ2v) is 5.50. The van der Waals surface area contributed by atoms with Gasteiger partial charge in [-0.25, -0.2) is 14.8 Å². The van der Waals surface area contributed by atoms with Crippen LogP contribution in [0.1, 0.15) is 11.4 Å². The number of para-hydroxylation sites is 1. The summed E-state index contributed by atoms with van der Waals surface area (Å²) in [6.07, 6.45) is -0.537. The molecule has 0 saturated heterocycles. The average molecular weight is 334 g/mol. The number of benzene rings is 2. The van der Waals surface area contributed by atoms with Crippen molar-refractivity contribution >= 4 is 23.4 Å². The lowest BCUT2D eigenvalue weighted by Crippen LogP contribution is -2.16. The predicted molar refractivity (Wildman–Crippen MR) is 97.3 cm³/mol. The smallest absolute Gasteiger partial charge is 0.410 e. The van der Waals surface area contributed by atoms with Gasteiger partial charge in [-0.1, -0.05) is 18.2 Å². The third-order valence-electron chi connectivity index (χ3n) is 3.32. The van der Waals surface area contributed by atoms with Crippen molar-refractivity contribution in [2.24, 2.45) is 0 Å². The summed E-state index contributed by atoms with van der Waals surface area (Å²) in [6, 6.07) is 18.0. The number of aromatic nitrogens is 2. The van der Waals surface area contributed by atoms with E-state index in [1.54, 1.807) is 36.4 Å². The number of amides is 1. The van der Waals surface area contributed by atoms with Gasteiger partial charge in [0.2, 0.25) is 5.95 Å². The topological polar surface area (TPSA) is 76.1 Å². The van der Waals surface area contributed by atoms with E-state index in [-0.39, 0.29) is 0 Å². The molecule has 1 heterocycles. The zero-order valence-corrected chi connectivity index (χ0v) is 14.0. The molecule has 2 N–H and O–H groups in total. The van der Waals surface area contributed by atoms with Crippen LogP contribution >= 0.6 is 0 Å². The quantitative estimate of drug-likeness (QED) is 0.737. The van der Waals surface area contributed by atoms with Crippen molar-refractivity contribution in [1.29, 1.82) is 0 Å². The third kappa shape index (κ3) is 4.78. The Hall–Kier alpha value is -3.41. The Balaban J connectivity index is 1.61. The molecule has 0 aliphatic carbocycles. The van der Waals surface area contributed by atoms with E-state index in [0.29, 0.717) is 17.4 Å². The normalized spacial score (nSPS) is 10.2. The SMILES string of the molecule is Cc1cc(C)nc(Nc2ccc(NC(=O)Oc3ccccc3)cc2)n1. The largest absolute Gasteiger partial charge is 0.417 e. The lowest BCUT2D eigenvalue weighted by Gasteiger charge is -2.09. The highest BCUT2D eigenvalue weighted by Crippen LogP contribution is 2.18. The molecule has 0 saturated carbocycles. The number of nitrogens with zero attached hydrogens (tertiary/aromatic N) is 2. The Kier molecular flexibility index (Phi) is 4.89. The minimum atomic E-state index is -0.537. The number of ether oxygens (including phenoxy) is 1. The van der Waals surface area contributed by atoms with Gasteiger partial charge < -0.3 is 10.1 Å². The van der Waals surface area contributed by atoms with Gasteiger partial charge in [0.1, 0.15) is 5.75 Å². The summed E-state index contributed by atoms with van der Waals surface area (Å²) < 4.78 is 5.18. The molecule has 0 aliphatic rings. The van der Waals surface area contributed by atoms with Crippen LogP contribution in [-0.4, -0.2) is 16.1 Å². The standard InChI is InChI=1S/C19H18N4O2/c1-13-12-14(2)21-18(20-13)22-15-8-10-16(11-9-15)23-19(24)25-17-6-4-3-5-7-17/h3-12H,1-2H3,(H,23,24)(H,20,21,22). The van der Waals surface area contributed by atoms with E-state index >= 15 is 0 Å². The van der Waals surface area contributed by atoms with Crippen LogP contribution in [0.25, 0.3) is 0 Å². The maximum absolute atomic E-state index is 11.9. The lowest BCUT2D eigenvalue weighted by atomic mass is 10.3. The van der Waals surface area contributed by atoms with Gasteiger partial charge in [0.25, 0.3) is 0 Å². The summed E-state index contributed by atoms with van der Waals surface area (Å²) in [5.74, 6) is 1.03. The Morgan fingerprint density at radius 2 is 1.48 bits per heavy atom. The van der Waals surface area contributed by atoms with E-state index in [1.165, 1.54) is 0 Å². The molecule has 6 heteroatoms. The molecule has 3 rings (SSSR count). The molecule has 0 spiro atoms. The van der Waals surface area contributed by atoms with E-state index in [2.05, 4.69) is 20.6 Å². The maximum atomic E-state index is 11.9. The number of carbonyl (C=O) groups excluding carboxylic acids is 1. The van der Waals surface area contributed by atoms with Gasteiger partial charge in [0.15, 0.2) is 0 Å². The molecule has 25 heavy (non-hydrogen) atoms. The van der Waals surface area contributed by atoms with Crippen molar-refractivity contribution in [2.75, 3.05) is 10.6 Å². The molecule has 0 unspecified atom stereocenters. The molecule has 0 atom stereocenters. The van der Waals surface area contributed by atoms with Gasteiger partial charge >= 0.3 is 6.09 Å². The Morgan fingerprint density at radius 3 is 2.12 bits per heavy atom. The van der Waals surface area contributed by atoms with E-state index in [1.807, 2.05) is 38.1 Å². The molecular weight excluding hydrogens is 316 g/mol. The molecule has 1 aromatic heterocycles. The number of nitrogens with one attached hydrogen (secondary N) is 2. The number of carbonyl (C=O) groups is 1. The van der Waals surface area contributed by atoms with Crippen LogP contribution in [0.2, 0.25) is 0 Å². The fraction of sp³-hybridized carbons (Fsp3) is 0.105. The monoisotopic (exact) mass is 334 g/mol. The van der Waals surface area contributed by atoms with Crippen LogP contribution in [0.4, 0.5) is 22.1 Å². The molecule has 2 aromatic carbocycles. The Labute approximate surface area is 145 Å². The second-order valence-electron chi connectivity index (χ2n) is 5.50. The highest BCUT2D eigenvalue weighted by atomic mass is 16.6. The van der Waals surface area contributed by atoms with Gasteiger partial charge in [-0.15, -0.1) is 0 Å². The van der Waals surface area contributed by atoms with Gasteiger partial charge in [-0.3, -0.25) is 5.32 Å². The molecule has 3 aromatic rings. The van der Waals surface area contributed by atoms with Crippen molar-refractivity contribution in [1.82, 2.24) is 9.97 Å². The van der Waals surface area contributed by atoms with Crippen molar-refractivity contribution in [3.05, 3.63) is 72.1 Å². The van der Waals surface area contributed by atoms with Gasteiger partial charge in [0.05, 0.1) is 0 Å². The van der Waals surface area contributed by atoms with Gasteiger partial charge in [0, 0.05) is 22.8 Å². The molecule has 0 aliphatic heterocycles. The molecule has 1 amide bonds. The van der Waals surface area contributed by atoms with Crippen LogP contribution < -0.4 is 15.4 Å². The third-order valence-corrected chi connectivity index (χ3v) is 3.32. The highest BCUT2D eigenvalue weighted by molar-refractivity contribution is 5.86. The first-order valence-electron chi connectivity index (χ1n) is 7.82. The number of aryl methyl sites for hydroxylation is 2. The molecule has 0 radical (unpaired) electrons. The summed E-state index contributed by atoms with van der Waals surface area (Å²) in [7, 11) is 0. The first-order valence-corrected chi connectivity index (χ1v) is 7.82. The van der Waals surface area contributed by atoms with Gasteiger partial charge in [-0.2, -0.15) is 0 Å². The summed E-state index contributed by atoms with van der Waals surface area (Å²) >= 11 is 0. The lowest BCUT2D eigenvalue weighted by molar-refractivity contribution is 0.215. The summed E-state index contributed by atoms with van der Waals surface area (Å²) in [6.45, 7) is 3.84. The fourth-order valence-corrected chi connectivity index (χ4v) is 2.29. The minimum absolute atomic E-state index is 0.491. The van der Waals surface area contributed by atoms with Crippen LogP contribution in [0.5, 0.6) is 5.75 Å². The van der Waals surface area contributed by atoms with Crippen molar-refractivity contribution in [3.8, 4) is 5.75 Å². The van der Waals surface area contributed by atoms with Crippen molar-refractivity contribution < 1.29 is 9.53 Å². The highest BCUT2D eigenvalue weighted by Gasteiger charge is 2.05. The van der Waals surface area contributed by atoms with E-state index < -0.39 is 6.09 Å². The van der Waals surface area contributed by atoms with Crippen molar-refractivity contribution in [2.45, 2.75) is 13.8 Å². The molecule has 0 bridgehead atoms. The zero-order valence-electron chi connectivity index (χ0n) is 14.0. The summed E-state index contributed by atoms with van der Waals surface area (Å²) in [5.41, 5.74) is 3.26. The number of hydrogen-bond acceptors (Lipinski definition) is 5. The van der Waals surface area contributed by atoms with Crippen LogP contribution in [0.3, 0.4) is 0 Å². The van der Waals surface area contributed by atoms with E-state index in [9.17, 15) is 4.79 Å². The second kappa shape index (κ2) is 7.44. The number of anilines is 3. The summed E-state index contributed by atoms with van der Waals surface area (Å²) in [5, 5.41) is 5.82. The van der Waals surface area contributed by atoms with Crippen molar-refractivity contribution in [3.63, 3.8) is 0 Å². The summed E-state index contributed by atoms with van der Waals surface area (Å²) in [4.78, 5) is 20.5. The Morgan fingerprint density at radius 1 is 0.880 bits per heavy atom. The fourth-order valence-electron chi connectivity index (χ4n) is 2.29. The van der Waals surface area contributed by atoms with E-state index in [4.69, 9.17) is 4.74 Å². The first-order chi connectivity index (χ1) is 12.1. The number of hydrogen-bond donors (Lipinski definition) is 2. The first kappa shape index (κ1) is 16.4. The molecule has 0 fully saturated rings. The minimum Gasteiger partial charge on any atom is -0.410 e. The van der Waals surface area contributed by atoms with Crippen LogP contribution in [0.15, 0.2) is 60.7 Å². The predicted octanol–water partition coefficient (Wildman–Crippen LogP) is 4.45.